The first-order valence-electron chi connectivity index (χ1n) is 8.01. The van der Waals surface area contributed by atoms with Crippen LogP contribution in [0.3, 0.4) is 0 Å². The van der Waals surface area contributed by atoms with Gasteiger partial charge in [-0.05, 0) is 38.2 Å². The fourth-order valence-corrected chi connectivity index (χ4v) is 3.86. The Hall–Kier alpha value is -1.66. The number of ether oxygens (including phenoxy) is 1. The number of aromatic amines is 1. The lowest BCUT2D eigenvalue weighted by atomic mass is 9.69. The summed E-state index contributed by atoms with van der Waals surface area (Å²) in [6.07, 6.45) is 5.26. The van der Waals surface area contributed by atoms with Crippen LogP contribution in [0.15, 0.2) is 12.1 Å². The van der Waals surface area contributed by atoms with Crippen LogP contribution < -0.4 is 4.74 Å². The SMILES string of the molecule is COc1ccc2[nH]c(CN3CC[C@H](O)CC34CCC4)nc2n1. The van der Waals surface area contributed by atoms with Gasteiger partial charge in [0.2, 0.25) is 5.88 Å². The van der Waals surface area contributed by atoms with E-state index in [2.05, 4.69) is 19.9 Å². The molecule has 1 spiro atoms. The summed E-state index contributed by atoms with van der Waals surface area (Å²) in [6.45, 7) is 1.74. The number of aliphatic hydroxyl groups is 1. The molecule has 6 heteroatoms. The third-order valence-corrected chi connectivity index (χ3v) is 5.22. The third kappa shape index (κ3) is 2.27. The molecule has 3 heterocycles. The maximum absolute atomic E-state index is 9.99. The molecule has 1 saturated carbocycles. The topological polar surface area (TPSA) is 74.3 Å². The number of hydrogen-bond acceptors (Lipinski definition) is 5. The van der Waals surface area contributed by atoms with Crippen molar-refractivity contribution < 1.29 is 9.84 Å². The molecule has 2 fully saturated rings. The maximum atomic E-state index is 9.99. The Kier molecular flexibility index (Phi) is 3.31. The van der Waals surface area contributed by atoms with Gasteiger partial charge in [-0.1, -0.05) is 0 Å². The molecule has 2 aliphatic rings. The molecule has 22 heavy (non-hydrogen) atoms. The van der Waals surface area contributed by atoms with E-state index < -0.39 is 0 Å². The Labute approximate surface area is 129 Å². The normalized spacial score (nSPS) is 24.5. The number of imidazole rings is 1. The molecule has 2 aromatic heterocycles. The van der Waals surface area contributed by atoms with E-state index in [1.807, 2.05) is 12.1 Å². The van der Waals surface area contributed by atoms with Gasteiger partial charge in [-0.15, -0.1) is 0 Å². The van der Waals surface area contributed by atoms with E-state index in [9.17, 15) is 5.11 Å². The smallest absolute Gasteiger partial charge is 0.215 e. The van der Waals surface area contributed by atoms with Crippen molar-refractivity contribution >= 4 is 11.2 Å². The Morgan fingerprint density at radius 2 is 2.27 bits per heavy atom. The number of rotatable bonds is 3. The lowest BCUT2D eigenvalue weighted by Gasteiger charge is -2.54. The minimum Gasteiger partial charge on any atom is -0.481 e. The van der Waals surface area contributed by atoms with Crippen molar-refractivity contribution in [3.05, 3.63) is 18.0 Å². The van der Waals surface area contributed by atoms with Gasteiger partial charge in [-0.25, -0.2) is 4.98 Å². The number of nitrogens with zero attached hydrogens (tertiary/aromatic N) is 3. The molecule has 2 aromatic rings. The van der Waals surface area contributed by atoms with E-state index in [1.165, 1.54) is 19.3 Å². The summed E-state index contributed by atoms with van der Waals surface area (Å²) >= 11 is 0. The van der Waals surface area contributed by atoms with Gasteiger partial charge in [0.25, 0.3) is 0 Å². The molecule has 118 valence electrons. The monoisotopic (exact) mass is 302 g/mol. The van der Waals surface area contributed by atoms with Crippen LogP contribution in [0.25, 0.3) is 11.2 Å². The standard InChI is InChI=1S/C16H22N4O2/c1-22-14-4-3-12-15(19-14)18-13(17-12)10-20-8-5-11(21)9-16(20)6-2-7-16/h3-4,11,21H,2,5-10H2,1H3,(H,17,18,19)/t11-/m0/s1. The highest BCUT2D eigenvalue weighted by Gasteiger charge is 2.46. The van der Waals surface area contributed by atoms with E-state index in [0.717, 1.165) is 37.3 Å². The molecule has 4 rings (SSSR count). The Morgan fingerprint density at radius 1 is 1.41 bits per heavy atom. The molecule has 0 bridgehead atoms. The zero-order valence-corrected chi connectivity index (χ0v) is 12.9. The molecule has 1 aliphatic heterocycles. The van der Waals surface area contributed by atoms with Crippen LogP contribution in [0.1, 0.15) is 37.9 Å². The number of H-pyrrole nitrogens is 1. The minimum absolute atomic E-state index is 0.141. The number of aromatic nitrogens is 3. The van der Waals surface area contributed by atoms with Crippen molar-refractivity contribution in [2.24, 2.45) is 0 Å². The summed E-state index contributed by atoms with van der Waals surface area (Å²) in [6, 6.07) is 3.80. The van der Waals surface area contributed by atoms with Gasteiger partial charge >= 0.3 is 0 Å². The van der Waals surface area contributed by atoms with Gasteiger partial charge in [-0.3, -0.25) is 4.90 Å². The number of likely N-dealkylation sites (tertiary alicyclic amines) is 1. The van der Waals surface area contributed by atoms with E-state index in [4.69, 9.17) is 4.74 Å². The molecule has 0 aromatic carbocycles. The number of hydrogen-bond donors (Lipinski definition) is 2. The lowest BCUT2D eigenvalue weighted by molar-refractivity contribution is -0.0712. The van der Waals surface area contributed by atoms with Crippen LogP contribution in [0.2, 0.25) is 0 Å². The molecule has 0 radical (unpaired) electrons. The summed E-state index contributed by atoms with van der Waals surface area (Å²) in [7, 11) is 1.61. The van der Waals surface area contributed by atoms with E-state index in [-0.39, 0.29) is 11.6 Å². The second-order valence-electron chi connectivity index (χ2n) is 6.55. The van der Waals surface area contributed by atoms with E-state index in [0.29, 0.717) is 11.5 Å². The Balaban J connectivity index is 1.57. The second-order valence-corrected chi connectivity index (χ2v) is 6.55. The quantitative estimate of drug-likeness (QED) is 0.905. The molecular weight excluding hydrogens is 280 g/mol. The molecule has 6 nitrogen and oxygen atoms in total. The van der Waals surface area contributed by atoms with Crippen molar-refractivity contribution in [2.45, 2.75) is 50.3 Å². The average molecular weight is 302 g/mol. The highest BCUT2D eigenvalue weighted by atomic mass is 16.5. The predicted octanol–water partition coefficient (Wildman–Crippen LogP) is 1.85. The Bertz CT molecular complexity index is 680. The largest absolute Gasteiger partial charge is 0.481 e. The number of methoxy groups -OCH3 is 1. The molecule has 1 saturated heterocycles. The number of aliphatic hydroxyl groups excluding tert-OH is 1. The average Bonchev–Trinajstić information content (AvgIpc) is 2.88. The van der Waals surface area contributed by atoms with Crippen LogP contribution in [0.5, 0.6) is 5.88 Å². The number of fused-ring (bicyclic) bond motifs is 1. The van der Waals surface area contributed by atoms with Gasteiger partial charge in [-0.2, -0.15) is 4.98 Å². The highest BCUT2D eigenvalue weighted by Crippen LogP contribution is 2.44. The first kappa shape index (κ1) is 14.0. The van der Waals surface area contributed by atoms with Gasteiger partial charge in [0, 0.05) is 18.2 Å². The fourth-order valence-electron chi connectivity index (χ4n) is 3.86. The zero-order valence-electron chi connectivity index (χ0n) is 12.9. The van der Waals surface area contributed by atoms with Gasteiger partial charge in [0.1, 0.15) is 5.82 Å². The van der Waals surface area contributed by atoms with Crippen molar-refractivity contribution in [1.29, 1.82) is 0 Å². The van der Waals surface area contributed by atoms with Crippen molar-refractivity contribution in [3.63, 3.8) is 0 Å². The minimum atomic E-state index is -0.141. The molecular formula is C16H22N4O2. The highest BCUT2D eigenvalue weighted by molar-refractivity contribution is 5.71. The number of nitrogens with one attached hydrogen (secondary N) is 1. The molecule has 0 amide bonds. The predicted molar refractivity (Wildman–Crippen MR) is 82.7 cm³/mol. The van der Waals surface area contributed by atoms with Crippen molar-refractivity contribution in [2.75, 3.05) is 13.7 Å². The first-order chi connectivity index (χ1) is 10.7. The van der Waals surface area contributed by atoms with Crippen LogP contribution in [0, 0.1) is 0 Å². The van der Waals surface area contributed by atoms with Crippen molar-refractivity contribution in [1.82, 2.24) is 19.9 Å². The van der Waals surface area contributed by atoms with E-state index in [1.54, 1.807) is 7.11 Å². The summed E-state index contributed by atoms with van der Waals surface area (Å²) in [5.74, 6) is 1.53. The lowest BCUT2D eigenvalue weighted by Crippen LogP contribution is -2.58. The summed E-state index contributed by atoms with van der Waals surface area (Å²) < 4.78 is 5.15. The summed E-state index contributed by atoms with van der Waals surface area (Å²) in [4.78, 5) is 14.8. The molecule has 1 atom stereocenters. The summed E-state index contributed by atoms with van der Waals surface area (Å²) in [5, 5.41) is 9.99. The van der Waals surface area contributed by atoms with Crippen LogP contribution >= 0.6 is 0 Å². The first-order valence-corrected chi connectivity index (χ1v) is 8.01. The van der Waals surface area contributed by atoms with Gasteiger partial charge < -0.3 is 14.8 Å². The van der Waals surface area contributed by atoms with Crippen LogP contribution in [-0.2, 0) is 6.54 Å². The number of pyridine rings is 1. The third-order valence-electron chi connectivity index (χ3n) is 5.22. The molecule has 2 N–H and O–H groups in total. The van der Waals surface area contributed by atoms with Gasteiger partial charge in [0.05, 0.1) is 25.3 Å². The van der Waals surface area contributed by atoms with Crippen molar-refractivity contribution in [3.8, 4) is 5.88 Å². The van der Waals surface area contributed by atoms with Crippen LogP contribution in [-0.4, -0.2) is 50.3 Å². The Morgan fingerprint density at radius 3 is 3.00 bits per heavy atom. The second kappa shape index (κ2) is 5.21. The van der Waals surface area contributed by atoms with Gasteiger partial charge in [0.15, 0.2) is 5.65 Å². The van der Waals surface area contributed by atoms with Crippen LogP contribution in [0.4, 0.5) is 0 Å². The molecule has 0 unspecified atom stereocenters. The molecule has 1 aliphatic carbocycles. The summed E-state index contributed by atoms with van der Waals surface area (Å²) in [5.41, 5.74) is 1.84. The fraction of sp³-hybridized carbons (Fsp3) is 0.625. The van der Waals surface area contributed by atoms with E-state index >= 15 is 0 Å². The maximum Gasteiger partial charge on any atom is 0.215 e. The zero-order chi connectivity index (χ0) is 15.2. The number of piperidine rings is 1.